The second-order valence-electron chi connectivity index (χ2n) is 4.58. The number of aromatic nitrogens is 3. The molecular formula is C14H11Cl2N3O2S. The molecule has 0 bridgehead atoms. The van der Waals surface area contributed by atoms with Crippen LogP contribution in [0.4, 0.5) is 0 Å². The van der Waals surface area contributed by atoms with Crippen LogP contribution >= 0.6 is 23.2 Å². The van der Waals surface area contributed by atoms with Gasteiger partial charge < -0.3 is 0 Å². The van der Waals surface area contributed by atoms with Gasteiger partial charge in [0, 0.05) is 6.07 Å². The predicted molar refractivity (Wildman–Crippen MR) is 84.3 cm³/mol. The molecule has 1 aromatic carbocycles. The fourth-order valence-electron chi connectivity index (χ4n) is 2.20. The number of halogens is 2. The Kier molecular flexibility index (Phi) is 3.84. The number of sulfone groups is 1. The summed E-state index contributed by atoms with van der Waals surface area (Å²) in [5.41, 5.74) is 0.540. The lowest BCUT2D eigenvalue weighted by molar-refractivity contribution is 0.595. The monoisotopic (exact) mass is 355 g/mol. The molecule has 3 rings (SSSR count). The molecule has 0 radical (unpaired) electrons. The van der Waals surface area contributed by atoms with Crippen molar-refractivity contribution in [3.8, 4) is 0 Å². The molecule has 114 valence electrons. The standard InChI is InChI=1S/C14H11Cl2N3O2S/c1-2-10-13(22(20,21)9-6-4-3-5-7-9)14-17-11(15)8-12(16)19(14)18-10/h3-8H,2H2,1H3. The van der Waals surface area contributed by atoms with Gasteiger partial charge in [-0.15, -0.1) is 0 Å². The second-order valence-corrected chi connectivity index (χ2v) is 7.24. The van der Waals surface area contributed by atoms with Gasteiger partial charge in [0.05, 0.1) is 10.6 Å². The quantitative estimate of drug-likeness (QED) is 0.675. The van der Waals surface area contributed by atoms with Crippen LogP contribution in [0.2, 0.25) is 10.3 Å². The van der Waals surface area contributed by atoms with Crippen LogP contribution in [-0.4, -0.2) is 23.0 Å². The normalized spacial score (nSPS) is 12.0. The molecule has 2 heterocycles. The lowest BCUT2D eigenvalue weighted by Crippen LogP contribution is -2.05. The highest BCUT2D eigenvalue weighted by Crippen LogP contribution is 2.30. The van der Waals surface area contributed by atoms with Crippen molar-refractivity contribution in [2.45, 2.75) is 23.1 Å². The zero-order valence-electron chi connectivity index (χ0n) is 11.5. The number of nitrogens with zero attached hydrogens (tertiary/aromatic N) is 3. The Morgan fingerprint density at radius 3 is 2.50 bits per heavy atom. The summed E-state index contributed by atoms with van der Waals surface area (Å²) >= 11 is 12.0. The first-order chi connectivity index (χ1) is 10.4. The van der Waals surface area contributed by atoms with Gasteiger partial charge in [0.15, 0.2) is 5.65 Å². The maximum Gasteiger partial charge on any atom is 0.212 e. The number of hydrogen-bond donors (Lipinski definition) is 0. The van der Waals surface area contributed by atoms with Crippen LogP contribution in [0.3, 0.4) is 0 Å². The van der Waals surface area contributed by atoms with Gasteiger partial charge >= 0.3 is 0 Å². The molecule has 0 spiro atoms. The third-order valence-electron chi connectivity index (χ3n) is 3.20. The van der Waals surface area contributed by atoms with E-state index < -0.39 is 9.84 Å². The molecule has 0 N–H and O–H groups in total. The molecule has 0 saturated carbocycles. The van der Waals surface area contributed by atoms with Crippen molar-refractivity contribution in [1.29, 1.82) is 0 Å². The number of aryl methyl sites for hydroxylation is 1. The Bertz CT molecular complexity index is 953. The van der Waals surface area contributed by atoms with Gasteiger partial charge in [-0.2, -0.15) is 5.10 Å². The summed E-state index contributed by atoms with van der Waals surface area (Å²) in [7, 11) is -3.76. The van der Waals surface area contributed by atoms with Crippen LogP contribution in [0.1, 0.15) is 12.6 Å². The third kappa shape index (κ3) is 2.37. The molecule has 0 unspecified atom stereocenters. The summed E-state index contributed by atoms with van der Waals surface area (Å²) in [6.45, 7) is 1.82. The molecule has 0 amide bonds. The molecule has 0 atom stereocenters. The maximum atomic E-state index is 12.9. The number of rotatable bonds is 3. The first-order valence-corrected chi connectivity index (χ1v) is 8.73. The van der Waals surface area contributed by atoms with Crippen molar-refractivity contribution in [3.63, 3.8) is 0 Å². The Morgan fingerprint density at radius 1 is 1.18 bits per heavy atom. The van der Waals surface area contributed by atoms with E-state index in [2.05, 4.69) is 10.1 Å². The van der Waals surface area contributed by atoms with Crippen molar-refractivity contribution in [3.05, 3.63) is 52.4 Å². The SMILES string of the molecule is CCc1nn2c(Cl)cc(Cl)nc2c1S(=O)(=O)c1ccccc1. The largest absolute Gasteiger partial charge is 0.218 e. The molecular weight excluding hydrogens is 345 g/mol. The zero-order valence-corrected chi connectivity index (χ0v) is 13.8. The van der Waals surface area contributed by atoms with Gasteiger partial charge in [-0.1, -0.05) is 48.3 Å². The van der Waals surface area contributed by atoms with Crippen LogP contribution in [0, 0.1) is 0 Å². The van der Waals surface area contributed by atoms with E-state index in [1.165, 1.54) is 22.7 Å². The highest BCUT2D eigenvalue weighted by Gasteiger charge is 2.28. The number of hydrogen-bond acceptors (Lipinski definition) is 4. The minimum Gasteiger partial charge on any atom is -0.218 e. The van der Waals surface area contributed by atoms with Gasteiger partial charge in [0.25, 0.3) is 0 Å². The summed E-state index contributed by atoms with van der Waals surface area (Å²) in [6.07, 6.45) is 0.429. The van der Waals surface area contributed by atoms with E-state index in [1.54, 1.807) is 18.2 Å². The van der Waals surface area contributed by atoms with Crippen molar-refractivity contribution < 1.29 is 8.42 Å². The molecule has 0 saturated heterocycles. The fraction of sp³-hybridized carbons (Fsp3) is 0.143. The summed E-state index contributed by atoms with van der Waals surface area (Å²) in [4.78, 5) is 4.32. The average molecular weight is 356 g/mol. The predicted octanol–water partition coefficient (Wildman–Crippen LogP) is 3.43. The number of benzene rings is 1. The highest BCUT2D eigenvalue weighted by atomic mass is 35.5. The van der Waals surface area contributed by atoms with E-state index in [4.69, 9.17) is 23.2 Å². The van der Waals surface area contributed by atoms with Crippen molar-refractivity contribution in [2.75, 3.05) is 0 Å². The van der Waals surface area contributed by atoms with Gasteiger partial charge in [-0.3, -0.25) is 0 Å². The molecule has 5 nitrogen and oxygen atoms in total. The minimum atomic E-state index is -3.76. The summed E-state index contributed by atoms with van der Waals surface area (Å²) in [6, 6.07) is 9.56. The first kappa shape index (κ1) is 15.3. The van der Waals surface area contributed by atoms with Gasteiger partial charge in [0.2, 0.25) is 9.84 Å². The summed E-state index contributed by atoms with van der Waals surface area (Å²) in [5, 5.41) is 4.57. The van der Waals surface area contributed by atoms with E-state index in [-0.39, 0.29) is 25.7 Å². The molecule has 8 heteroatoms. The second kappa shape index (κ2) is 5.53. The van der Waals surface area contributed by atoms with Crippen molar-refractivity contribution in [1.82, 2.24) is 14.6 Å². The average Bonchev–Trinajstić information content (AvgIpc) is 2.87. The Labute approximate surface area is 137 Å². The zero-order chi connectivity index (χ0) is 15.9. The van der Waals surface area contributed by atoms with Crippen LogP contribution in [0.5, 0.6) is 0 Å². The van der Waals surface area contributed by atoms with Crippen LogP contribution in [-0.2, 0) is 16.3 Å². The lowest BCUT2D eigenvalue weighted by atomic mass is 10.3. The lowest BCUT2D eigenvalue weighted by Gasteiger charge is -2.04. The van der Waals surface area contributed by atoms with Crippen LogP contribution in [0.25, 0.3) is 5.65 Å². The smallest absolute Gasteiger partial charge is 0.212 e. The molecule has 0 fully saturated rings. The van der Waals surface area contributed by atoms with E-state index in [0.29, 0.717) is 12.1 Å². The molecule has 0 aliphatic carbocycles. The van der Waals surface area contributed by atoms with Crippen LogP contribution < -0.4 is 0 Å². The van der Waals surface area contributed by atoms with Crippen molar-refractivity contribution >= 4 is 38.7 Å². The van der Waals surface area contributed by atoms with Crippen molar-refractivity contribution in [2.24, 2.45) is 0 Å². The Balaban J connectivity index is 2.40. The maximum absolute atomic E-state index is 12.9. The Morgan fingerprint density at radius 2 is 1.86 bits per heavy atom. The van der Waals surface area contributed by atoms with Gasteiger partial charge in [0.1, 0.15) is 15.2 Å². The third-order valence-corrected chi connectivity index (χ3v) is 5.51. The summed E-state index contributed by atoms with van der Waals surface area (Å²) < 4.78 is 27.2. The highest BCUT2D eigenvalue weighted by molar-refractivity contribution is 7.91. The van der Waals surface area contributed by atoms with Gasteiger partial charge in [-0.05, 0) is 18.6 Å². The Hall–Kier alpha value is -1.63. The van der Waals surface area contributed by atoms with Crippen LogP contribution in [0.15, 0.2) is 46.2 Å². The molecule has 2 aromatic heterocycles. The topological polar surface area (TPSA) is 64.3 Å². The number of fused-ring (bicyclic) bond motifs is 1. The fourth-order valence-corrected chi connectivity index (χ4v) is 4.28. The first-order valence-electron chi connectivity index (χ1n) is 6.49. The van der Waals surface area contributed by atoms with Gasteiger partial charge in [-0.25, -0.2) is 17.9 Å². The summed E-state index contributed by atoms with van der Waals surface area (Å²) in [5.74, 6) is 0. The molecule has 0 aliphatic heterocycles. The van der Waals surface area contributed by atoms with E-state index >= 15 is 0 Å². The van der Waals surface area contributed by atoms with E-state index in [1.807, 2.05) is 6.92 Å². The van der Waals surface area contributed by atoms with E-state index in [9.17, 15) is 8.42 Å². The molecule has 3 aromatic rings. The molecule has 22 heavy (non-hydrogen) atoms. The minimum absolute atomic E-state index is 0.0469. The van der Waals surface area contributed by atoms with E-state index in [0.717, 1.165) is 0 Å². The molecule has 0 aliphatic rings.